The molecule has 1 aliphatic rings. The summed E-state index contributed by atoms with van der Waals surface area (Å²) in [7, 11) is 1.36. The van der Waals surface area contributed by atoms with Gasteiger partial charge in [-0.2, -0.15) is 0 Å². The fourth-order valence-corrected chi connectivity index (χ4v) is 3.32. The molecule has 0 spiro atoms. The summed E-state index contributed by atoms with van der Waals surface area (Å²) >= 11 is 0. The average molecular weight is 348 g/mol. The number of ether oxygens (including phenoxy) is 2. The van der Waals surface area contributed by atoms with Gasteiger partial charge in [0.15, 0.2) is 0 Å². The van der Waals surface area contributed by atoms with Crippen LogP contribution in [-0.2, 0) is 25.6 Å². The second kappa shape index (κ2) is 7.97. The number of benzene rings is 1. The predicted molar refractivity (Wildman–Crippen MR) is 94.6 cm³/mol. The minimum atomic E-state index is -0.586. The molecular formula is C19H28N2O4. The van der Waals surface area contributed by atoms with Crippen LogP contribution in [0.5, 0.6) is 0 Å². The summed E-state index contributed by atoms with van der Waals surface area (Å²) in [6, 6.07) is 9.04. The average Bonchev–Trinajstić information content (AvgIpc) is 2.92. The highest BCUT2D eigenvalue weighted by atomic mass is 16.6. The molecule has 1 aliphatic heterocycles. The molecule has 1 aromatic carbocycles. The summed E-state index contributed by atoms with van der Waals surface area (Å²) < 4.78 is 10.5. The Bertz CT molecular complexity index is 597. The molecule has 6 nitrogen and oxygen atoms in total. The third kappa shape index (κ3) is 4.80. The lowest BCUT2D eigenvalue weighted by atomic mass is 9.99. The first-order valence-electron chi connectivity index (χ1n) is 8.57. The van der Waals surface area contributed by atoms with Crippen LogP contribution in [0.25, 0.3) is 0 Å². The summed E-state index contributed by atoms with van der Waals surface area (Å²) in [5.41, 5.74) is 6.42. The van der Waals surface area contributed by atoms with E-state index in [0.717, 1.165) is 5.56 Å². The van der Waals surface area contributed by atoms with Gasteiger partial charge in [0, 0.05) is 19.1 Å². The number of carbonyl (C=O) groups excluding carboxylic acids is 2. The molecule has 0 saturated carbocycles. The third-order valence-corrected chi connectivity index (χ3v) is 4.40. The van der Waals surface area contributed by atoms with Crippen molar-refractivity contribution < 1.29 is 19.1 Å². The molecule has 1 heterocycles. The molecule has 25 heavy (non-hydrogen) atoms. The van der Waals surface area contributed by atoms with Gasteiger partial charge in [0.2, 0.25) is 0 Å². The molecule has 0 aromatic heterocycles. The summed E-state index contributed by atoms with van der Waals surface area (Å²) in [6.07, 6.45) is 0.357. The van der Waals surface area contributed by atoms with Crippen molar-refractivity contribution in [3.05, 3.63) is 35.9 Å². The number of nitrogens with two attached hydrogens (primary N) is 1. The Morgan fingerprint density at radius 1 is 1.20 bits per heavy atom. The molecule has 138 valence electrons. The highest BCUT2D eigenvalue weighted by Gasteiger charge is 2.48. The highest BCUT2D eigenvalue weighted by molar-refractivity contribution is 5.80. The molecule has 0 radical (unpaired) electrons. The van der Waals surface area contributed by atoms with E-state index in [1.54, 1.807) is 0 Å². The summed E-state index contributed by atoms with van der Waals surface area (Å²) in [4.78, 5) is 26.9. The number of hydrogen-bond donors (Lipinski definition) is 1. The SMILES string of the molecule is COC(=O)[C@@H]1C[C@H](C(=O)OC(C)(C)C)N(Cc2ccccc2)[C@H]1CN. The van der Waals surface area contributed by atoms with Crippen molar-refractivity contribution in [2.45, 2.75) is 51.4 Å². The molecule has 0 amide bonds. The smallest absolute Gasteiger partial charge is 0.323 e. The number of rotatable bonds is 5. The molecule has 6 heteroatoms. The van der Waals surface area contributed by atoms with Crippen molar-refractivity contribution >= 4 is 11.9 Å². The molecule has 1 aromatic rings. The van der Waals surface area contributed by atoms with Crippen LogP contribution in [0.3, 0.4) is 0 Å². The molecule has 0 unspecified atom stereocenters. The lowest BCUT2D eigenvalue weighted by Crippen LogP contribution is -2.47. The van der Waals surface area contributed by atoms with E-state index in [0.29, 0.717) is 13.0 Å². The van der Waals surface area contributed by atoms with Gasteiger partial charge < -0.3 is 15.2 Å². The third-order valence-electron chi connectivity index (χ3n) is 4.40. The molecule has 0 aliphatic carbocycles. The molecular weight excluding hydrogens is 320 g/mol. The van der Waals surface area contributed by atoms with E-state index in [9.17, 15) is 9.59 Å². The minimum Gasteiger partial charge on any atom is -0.469 e. The quantitative estimate of drug-likeness (QED) is 0.816. The predicted octanol–water partition coefficient (Wildman–Crippen LogP) is 1.72. The van der Waals surface area contributed by atoms with Gasteiger partial charge in [0.25, 0.3) is 0 Å². The van der Waals surface area contributed by atoms with Gasteiger partial charge in [-0.1, -0.05) is 30.3 Å². The number of esters is 2. The molecule has 2 rings (SSSR count). The highest BCUT2D eigenvalue weighted by Crippen LogP contribution is 2.33. The van der Waals surface area contributed by atoms with Gasteiger partial charge in [-0.25, -0.2) is 0 Å². The Morgan fingerprint density at radius 2 is 1.84 bits per heavy atom. The molecule has 1 fully saturated rings. The summed E-state index contributed by atoms with van der Waals surface area (Å²) in [5, 5.41) is 0. The Hall–Kier alpha value is -1.92. The molecule has 2 N–H and O–H groups in total. The Morgan fingerprint density at radius 3 is 2.36 bits per heavy atom. The Balaban J connectivity index is 2.29. The van der Waals surface area contributed by atoms with Crippen molar-refractivity contribution in [3.8, 4) is 0 Å². The number of carbonyl (C=O) groups is 2. The maximum atomic E-state index is 12.7. The van der Waals surface area contributed by atoms with Gasteiger partial charge in [0.1, 0.15) is 11.6 Å². The normalized spacial score (nSPS) is 24.1. The van der Waals surface area contributed by atoms with E-state index in [4.69, 9.17) is 15.2 Å². The molecule has 0 bridgehead atoms. The maximum Gasteiger partial charge on any atom is 0.323 e. The van der Waals surface area contributed by atoms with Crippen LogP contribution in [0.4, 0.5) is 0 Å². The van der Waals surface area contributed by atoms with Crippen molar-refractivity contribution in [3.63, 3.8) is 0 Å². The van der Waals surface area contributed by atoms with Crippen LogP contribution in [0.1, 0.15) is 32.8 Å². The fourth-order valence-electron chi connectivity index (χ4n) is 3.32. The van der Waals surface area contributed by atoms with Gasteiger partial charge in [0.05, 0.1) is 13.0 Å². The number of hydrogen-bond acceptors (Lipinski definition) is 6. The largest absolute Gasteiger partial charge is 0.469 e. The first kappa shape index (κ1) is 19.4. The van der Waals surface area contributed by atoms with E-state index in [1.165, 1.54) is 7.11 Å². The maximum absolute atomic E-state index is 12.7. The zero-order valence-corrected chi connectivity index (χ0v) is 15.4. The number of likely N-dealkylation sites (tertiary alicyclic amines) is 1. The van der Waals surface area contributed by atoms with E-state index < -0.39 is 17.6 Å². The summed E-state index contributed by atoms with van der Waals surface area (Å²) in [6.45, 7) is 6.30. The van der Waals surface area contributed by atoms with Gasteiger partial charge in [-0.3, -0.25) is 14.5 Å². The van der Waals surface area contributed by atoms with Crippen molar-refractivity contribution in [2.75, 3.05) is 13.7 Å². The Labute approximate surface area is 149 Å². The Kier molecular flexibility index (Phi) is 6.19. The van der Waals surface area contributed by atoms with Gasteiger partial charge in [-0.05, 0) is 32.8 Å². The zero-order chi connectivity index (χ0) is 18.6. The number of methoxy groups -OCH3 is 1. The second-order valence-corrected chi connectivity index (χ2v) is 7.38. The summed E-state index contributed by atoms with van der Waals surface area (Å²) in [5.74, 6) is -1.09. The minimum absolute atomic E-state index is 0.259. The van der Waals surface area contributed by atoms with Gasteiger partial charge in [-0.15, -0.1) is 0 Å². The van der Waals surface area contributed by atoms with Crippen molar-refractivity contribution in [2.24, 2.45) is 11.7 Å². The van der Waals surface area contributed by atoms with Crippen LogP contribution >= 0.6 is 0 Å². The standard InChI is InChI=1S/C19H28N2O4/c1-19(2,3)25-18(23)15-10-14(17(22)24-4)16(11-20)21(15)12-13-8-6-5-7-9-13/h5-9,14-16H,10-12,20H2,1-4H3/t14-,15-,16+/m1/s1. The van der Waals surface area contributed by atoms with E-state index in [1.807, 2.05) is 56.0 Å². The fraction of sp³-hybridized carbons (Fsp3) is 0.579. The monoisotopic (exact) mass is 348 g/mol. The van der Waals surface area contributed by atoms with Crippen LogP contribution in [0.2, 0.25) is 0 Å². The van der Waals surface area contributed by atoms with Crippen LogP contribution in [0.15, 0.2) is 30.3 Å². The first-order valence-corrected chi connectivity index (χ1v) is 8.57. The second-order valence-electron chi connectivity index (χ2n) is 7.38. The zero-order valence-electron chi connectivity index (χ0n) is 15.4. The lowest BCUT2D eigenvalue weighted by molar-refractivity contribution is -0.161. The van der Waals surface area contributed by atoms with Crippen molar-refractivity contribution in [1.29, 1.82) is 0 Å². The van der Waals surface area contributed by atoms with E-state index >= 15 is 0 Å². The molecule has 3 atom stereocenters. The van der Waals surface area contributed by atoms with Crippen LogP contribution in [0, 0.1) is 5.92 Å². The number of nitrogens with zero attached hydrogens (tertiary/aromatic N) is 1. The van der Waals surface area contributed by atoms with Crippen LogP contribution < -0.4 is 5.73 Å². The van der Waals surface area contributed by atoms with E-state index in [-0.39, 0.29) is 24.5 Å². The molecule has 1 saturated heterocycles. The lowest BCUT2D eigenvalue weighted by Gasteiger charge is -2.31. The van der Waals surface area contributed by atoms with Crippen LogP contribution in [-0.4, -0.2) is 48.2 Å². The first-order chi connectivity index (χ1) is 11.8. The topological polar surface area (TPSA) is 81.9 Å². The van der Waals surface area contributed by atoms with Gasteiger partial charge >= 0.3 is 11.9 Å². The van der Waals surface area contributed by atoms with E-state index in [2.05, 4.69) is 0 Å². The van der Waals surface area contributed by atoms with Crippen molar-refractivity contribution in [1.82, 2.24) is 4.90 Å².